The minimum absolute atomic E-state index is 0.0277. The lowest BCUT2D eigenvalue weighted by molar-refractivity contribution is -0.159. The summed E-state index contributed by atoms with van der Waals surface area (Å²) in [5, 5.41) is 36.7. The van der Waals surface area contributed by atoms with E-state index in [9.17, 15) is 4.79 Å². The van der Waals surface area contributed by atoms with E-state index in [0.29, 0.717) is 11.4 Å². The predicted molar refractivity (Wildman–Crippen MR) is 132 cm³/mol. The maximum Gasteiger partial charge on any atom is 0.414 e. The third kappa shape index (κ3) is 13.6. The zero-order chi connectivity index (χ0) is 27.9. The molecule has 0 radical (unpaired) electrons. The molecule has 0 aromatic heterocycles. The molecule has 12 nitrogen and oxygen atoms in total. The van der Waals surface area contributed by atoms with Gasteiger partial charge in [0.2, 0.25) is 5.91 Å². The molecule has 1 aromatic carbocycles. The molecule has 1 saturated carbocycles. The molecule has 1 fully saturated rings. The SMILES string of the molecule is CC(CC(=O)Nc1ccc(Cl)cc1)NCC1(N(C)C)CCCCC1.O=C(O)C(=O)O.O=C(O)C(=O)O. The van der Waals surface area contributed by atoms with Crippen LogP contribution in [0.3, 0.4) is 0 Å². The highest BCUT2D eigenvalue weighted by atomic mass is 35.5. The van der Waals surface area contributed by atoms with E-state index in [2.05, 4.69) is 36.6 Å². The number of carbonyl (C=O) groups is 5. The summed E-state index contributed by atoms with van der Waals surface area (Å²) in [6.45, 7) is 3.02. The van der Waals surface area contributed by atoms with Gasteiger partial charge in [-0.25, -0.2) is 19.2 Å². The largest absolute Gasteiger partial charge is 0.473 e. The second-order valence-electron chi connectivity index (χ2n) is 8.44. The Morgan fingerprint density at radius 3 is 1.72 bits per heavy atom. The summed E-state index contributed by atoms with van der Waals surface area (Å²) in [5.41, 5.74) is 1.02. The highest BCUT2D eigenvalue weighted by molar-refractivity contribution is 6.30. The second-order valence-corrected chi connectivity index (χ2v) is 8.88. The lowest BCUT2D eigenvalue weighted by Gasteiger charge is -2.44. The van der Waals surface area contributed by atoms with Crippen LogP contribution in [0, 0.1) is 0 Å². The molecule has 1 aliphatic rings. The molecule has 1 unspecified atom stereocenters. The molecule has 2 rings (SSSR count). The molecule has 0 bridgehead atoms. The number of nitrogens with one attached hydrogen (secondary N) is 2. The van der Waals surface area contributed by atoms with Crippen LogP contribution in [0.1, 0.15) is 45.4 Å². The first-order chi connectivity index (χ1) is 16.7. The molecule has 0 spiro atoms. The Labute approximate surface area is 214 Å². The highest BCUT2D eigenvalue weighted by Crippen LogP contribution is 2.31. The van der Waals surface area contributed by atoms with Crippen LogP contribution in [-0.4, -0.2) is 87.3 Å². The Kier molecular flexibility index (Phi) is 15.0. The molecule has 6 N–H and O–H groups in total. The minimum atomic E-state index is -1.82. The van der Waals surface area contributed by atoms with Crippen molar-refractivity contribution in [2.24, 2.45) is 0 Å². The Hall–Kier alpha value is -3.22. The normalized spacial score (nSPS) is 14.7. The number of aliphatic carboxylic acids is 4. The molecule has 0 aliphatic heterocycles. The van der Waals surface area contributed by atoms with E-state index in [0.717, 1.165) is 12.2 Å². The van der Waals surface area contributed by atoms with Crippen LogP contribution in [-0.2, 0) is 24.0 Å². The fraction of sp³-hybridized carbons (Fsp3) is 0.522. The summed E-state index contributed by atoms with van der Waals surface area (Å²) < 4.78 is 0. The summed E-state index contributed by atoms with van der Waals surface area (Å²) >= 11 is 5.86. The van der Waals surface area contributed by atoms with E-state index >= 15 is 0 Å². The monoisotopic (exact) mass is 531 g/mol. The third-order valence-corrected chi connectivity index (χ3v) is 5.75. The molecule has 202 valence electrons. The summed E-state index contributed by atoms with van der Waals surface area (Å²) in [6, 6.07) is 7.35. The molecule has 1 aromatic rings. The van der Waals surface area contributed by atoms with Gasteiger partial charge in [-0.3, -0.25) is 4.79 Å². The smallest absolute Gasteiger partial charge is 0.414 e. The fourth-order valence-corrected chi connectivity index (χ4v) is 3.58. The van der Waals surface area contributed by atoms with Crippen LogP contribution in [0.4, 0.5) is 5.69 Å². The van der Waals surface area contributed by atoms with Gasteiger partial charge in [0.05, 0.1) is 0 Å². The van der Waals surface area contributed by atoms with Gasteiger partial charge in [0.15, 0.2) is 0 Å². The maximum atomic E-state index is 12.2. The zero-order valence-electron chi connectivity index (χ0n) is 20.5. The van der Waals surface area contributed by atoms with Crippen LogP contribution in [0.5, 0.6) is 0 Å². The standard InChI is InChI=1S/C19H30ClN3O.2C2H2O4/c1-15(13-18(24)22-17-9-7-16(20)8-10-17)21-14-19(23(2)3)11-5-4-6-12-19;2*3-1(4)2(5)6/h7-10,15,21H,4-6,11-14H2,1-3H3,(H,22,24);2*(H,3,4)(H,5,6). The number of carboxylic acids is 4. The Morgan fingerprint density at radius 2 is 1.33 bits per heavy atom. The van der Waals surface area contributed by atoms with Crippen molar-refractivity contribution in [3.05, 3.63) is 29.3 Å². The van der Waals surface area contributed by atoms with Gasteiger partial charge >= 0.3 is 23.9 Å². The lowest BCUT2D eigenvalue weighted by atomic mass is 9.80. The van der Waals surface area contributed by atoms with E-state index in [-0.39, 0.29) is 17.5 Å². The molecule has 0 saturated heterocycles. The molecular formula is C23H34ClN3O9. The van der Waals surface area contributed by atoms with Crippen molar-refractivity contribution >= 4 is 47.1 Å². The number of benzene rings is 1. The quantitative estimate of drug-likeness (QED) is 0.282. The first kappa shape index (κ1) is 32.8. The maximum absolute atomic E-state index is 12.2. The van der Waals surface area contributed by atoms with Gasteiger partial charge in [-0.15, -0.1) is 0 Å². The van der Waals surface area contributed by atoms with Gasteiger partial charge in [-0.2, -0.15) is 0 Å². The number of hydrogen-bond donors (Lipinski definition) is 6. The van der Waals surface area contributed by atoms with E-state index < -0.39 is 23.9 Å². The van der Waals surface area contributed by atoms with Gasteiger partial charge in [0, 0.05) is 35.3 Å². The first-order valence-corrected chi connectivity index (χ1v) is 11.5. The Bertz CT molecular complexity index is 837. The molecular weight excluding hydrogens is 498 g/mol. The molecule has 1 atom stereocenters. The van der Waals surface area contributed by atoms with Crippen molar-refractivity contribution in [3.8, 4) is 0 Å². The Morgan fingerprint density at radius 1 is 0.889 bits per heavy atom. The van der Waals surface area contributed by atoms with E-state index in [1.807, 2.05) is 12.1 Å². The van der Waals surface area contributed by atoms with Gasteiger partial charge < -0.3 is 36.0 Å². The number of nitrogens with zero attached hydrogens (tertiary/aromatic N) is 1. The second kappa shape index (κ2) is 16.5. The molecule has 1 amide bonds. The van der Waals surface area contributed by atoms with Crippen LogP contribution < -0.4 is 10.6 Å². The number of amides is 1. The minimum Gasteiger partial charge on any atom is -0.473 e. The summed E-state index contributed by atoms with van der Waals surface area (Å²) in [5.74, 6) is -7.27. The average molecular weight is 532 g/mol. The van der Waals surface area contributed by atoms with Crippen molar-refractivity contribution in [1.29, 1.82) is 0 Å². The van der Waals surface area contributed by atoms with E-state index in [1.54, 1.807) is 12.1 Å². The lowest BCUT2D eigenvalue weighted by Crippen LogP contribution is -2.54. The summed E-state index contributed by atoms with van der Waals surface area (Å²) in [6.07, 6.45) is 6.87. The van der Waals surface area contributed by atoms with Crippen molar-refractivity contribution in [2.45, 2.75) is 57.0 Å². The van der Waals surface area contributed by atoms with Crippen LogP contribution in [0.15, 0.2) is 24.3 Å². The summed E-state index contributed by atoms with van der Waals surface area (Å²) in [4.78, 5) is 50.9. The highest BCUT2D eigenvalue weighted by Gasteiger charge is 2.34. The van der Waals surface area contributed by atoms with Crippen LogP contribution in [0.2, 0.25) is 5.02 Å². The predicted octanol–water partition coefficient (Wildman–Crippen LogP) is 2.22. The van der Waals surface area contributed by atoms with Gasteiger partial charge in [-0.05, 0) is 58.1 Å². The van der Waals surface area contributed by atoms with Crippen molar-refractivity contribution < 1.29 is 44.4 Å². The van der Waals surface area contributed by atoms with Crippen molar-refractivity contribution in [2.75, 3.05) is 26.0 Å². The number of rotatable bonds is 7. The average Bonchev–Trinajstić information content (AvgIpc) is 2.80. The number of likely N-dealkylation sites (N-methyl/N-ethyl adjacent to an activating group) is 1. The van der Waals surface area contributed by atoms with Crippen molar-refractivity contribution in [3.63, 3.8) is 0 Å². The summed E-state index contributed by atoms with van der Waals surface area (Å²) in [7, 11) is 4.34. The number of carboxylic acid groups (broad SMARTS) is 4. The topological polar surface area (TPSA) is 194 Å². The third-order valence-electron chi connectivity index (χ3n) is 5.50. The number of anilines is 1. The van der Waals surface area contributed by atoms with Crippen molar-refractivity contribution in [1.82, 2.24) is 10.2 Å². The Balaban J connectivity index is 0.000000846. The number of carbonyl (C=O) groups excluding carboxylic acids is 1. The van der Waals surface area contributed by atoms with Gasteiger partial charge in [0.1, 0.15) is 0 Å². The molecule has 13 heteroatoms. The van der Waals surface area contributed by atoms with Gasteiger partial charge in [-0.1, -0.05) is 30.9 Å². The molecule has 0 heterocycles. The van der Waals surface area contributed by atoms with Crippen LogP contribution in [0.25, 0.3) is 0 Å². The molecule has 36 heavy (non-hydrogen) atoms. The van der Waals surface area contributed by atoms with E-state index in [4.69, 9.17) is 51.2 Å². The molecule has 1 aliphatic carbocycles. The zero-order valence-corrected chi connectivity index (χ0v) is 21.2. The first-order valence-electron chi connectivity index (χ1n) is 11.1. The fourth-order valence-electron chi connectivity index (χ4n) is 3.45. The van der Waals surface area contributed by atoms with E-state index in [1.165, 1.54) is 32.1 Å². The number of halogens is 1. The van der Waals surface area contributed by atoms with Gasteiger partial charge in [0.25, 0.3) is 0 Å². The van der Waals surface area contributed by atoms with Crippen LogP contribution >= 0.6 is 11.6 Å². The number of hydrogen-bond acceptors (Lipinski definition) is 7.